The smallest absolute Gasteiger partial charge is 0.0759 e. The normalized spacial score (nSPS) is 14.9. The highest BCUT2D eigenvalue weighted by Gasteiger charge is 2.22. The van der Waals surface area contributed by atoms with Gasteiger partial charge in [0.25, 0.3) is 0 Å². The maximum atomic E-state index is 5.81. The van der Waals surface area contributed by atoms with E-state index in [1.54, 1.807) is 7.11 Å². The van der Waals surface area contributed by atoms with Gasteiger partial charge in [0.15, 0.2) is 0 Å². The fraction of sp³-hybridized carbons (Fsp3) is 0.571. The van der Waals surface area contributed by atoms with Crippen LogP contribution in [0.15, 0.2) is 30.3 Å². The molecule has 0 saturated carbocycles. The Kier molecular flexibility index (Phi) is 6.19. The molecule has 3 heteroatoms. The minimum Gasteiger partial charge on any atom is -0.380 e. The second-order valence-corrected chi connectivity index (χ2v) is 4.65. The van der Waals surface area contributed by atoms with Gasteiger partial charge in [-0.1, -0.05) is 44.2 Å². The summed E-state index contributed by atoms with van der Waals surface area (Å²) in [4.78, 5) is 0. The standard InChI is InChI=1S/C14H24N2O/c1-11(2)14(17-3)13(9-15)16-10-12-7-5-4-6-8-12/h4-8,11,13-14,16H,9-10,15H2,1-3H3. The molecule has 3 nitrogen and oxygen atoms in total. The second-order valence-electron chi connectivity index (χ2n) is 4.65. The number of rotatable bonds is 7. The number of hydrogen-bond donors (Lipinski definition) is 2. The third-order valence-electron chi connectivity index (χ3n) is 2.99. The molecule has 1 aromatic carbocycles. The average molecular weight is 236 g/mol. The van der Waals surface area contributed by atoms with Crippen molar-refractivity contribution >= 4 is 0 Å². The van der Waals surface area contributed by atoms with Crippen molar-refractivity contribution in [1.82, 2.24) is 5.32 Å². The van der Waals surface area contributed by atoms with E-state index < -0.39 is 0 Å². The Labute approximate surface area is 104 Å². The Morgan fingerprint density at radius 3 is 2.35 bits per heavy atom. The van der Waals surface area contributed by atoms with Crippen LogP contribution in [0.2, 0.25) is 0 Å². The van der Waals surface area contributed by atoms with E-state index in [1.165, 1.54) is 5.56 Å². The molecule has 0 fully saturated rings. The summed E-state index contributed by atoms with van der Waals surface area (Å²) >= 11 is 0. The van der Waals surface area contributed by atoms with Crippen LogP contribution in [0.25, 0.3) is 0 Å². The topological polar surface area (TPSA) is 47.3 Å². The van der Waals surface area contributed by atoms with E-state index in [4.69, 9.17) is 10.5 Å². The highest BCUT2D eigenvalue weighted by Crippen LogP contribution is 2.10. The summed E-state index contributed by atoms with van der Waals surface area (Å²) in [5, 5.41) is 3.47. The Morgan fingerprint density at radius 2 is 1.88 bits per heavy atom. The molecule has 3 N–H and O–H groups in total. The molecule has 1 rings (SSSR count). The van der Waals surface area contributed by atoms with Crippen molar-refractivity contribution in [2.45, 2.75) is 32.5 Å². The molecule has 0 amide bonds. The Hall–Kier alpha value is -0.900. The van der Waals surface area contributed by atoms with Crippen molar-refractivity contribution in [2.75, 3.05) is 13.7 Å². The Bertz CT molecular complexity index is 300. The molecule has 0 radical (unpaired) electrons. The number of methoxy groups -OCH3 is 1. The summed E-state index contributed by atoms with van der Waals surface area (Å²) in [6.45, 7) is 5.72. The van der Waals surface area contributed by atoms with E-state index in [0.717, 1.165) is 6.54 Å². The molecule has 0 aromatic heterocycles. The van der Waals surface area contributed by atoms with Gasteiger partial charge in [0.2, 0.25) is 0 Å². The van der Waals surface area contributed by atoms with Gasteiger partial charge in [0.05, 0.1) is 6.10 Å². The van der Waals surface area contributed by atoms with Gasteiger partial charge in [-0.25, -0.2) is 0 Å². The monoisotopic (exact) mass is 236 g/mol. The van der Waals surface area contributed by atoms with Gasteiger partial charge in [0, 0.05) is 26.2 Å². The van der Waals surface area contributed by atoms with E-state index in [9.17, 15) is 0 Å². The number of hydrogen-bond acceptors (Lipinski definition) is 3. The lowest BCUT2D eigenvalue weighted by Gasteiger charge is -2.29. The number of ether oxygens (including phenoxy) is 1. The molecule has 0 saturated heterocycles. The lowest BCUT2D eigenvalue weighted by atomic mass is 9.99. The Balaban J connectivity index is 2.52. The van der Waals surface area contributed by atoms with Crippen LogP contribution in [0.5, 0.6) is 0 Å². The molecule has 2 atom stereocenters. The fourth-order valence-electron chi connectivity index (χ4n) is 2.08. The van der Waals surface area contributed by atoms with Gasteiger partial charge in [-0.15, -0.1) is 0 Å². The highest BCUT2D eigenvalue weighted by molar-refractivity contribution is 5.14. The van der Waals surface area contributed by atoms with Crippen LogP contribution in [0.3, 0.4) is 0 Å². The maximum Gasteiger partial charge on any atom is 0.0759 e. The van der Waals surface area contributed by atoms with Crippen LogP contribution in [0, 0.1) is 5.92 Å². The molecular weight excluding hydrogens is 212 g/mol. The van der Waals surface area contributed by atoms with Gasteiger partial charge in [-0.3, -0.25) is 0 Å². The molecule has 1 aromatic rings. The van der Waals surface area contributed by atoms with Crippen LogP contribution < -0.4 is 11.1 Å². The van der Waals surface area contributed by atoms with E-state index in [2.05, 4.69) is 31.3 Å². The molecule has 0 aliphatic heterocycles. The summed E-state index contributed by atoms with van der Waals surface area (Å²) in [7, 11) is 1.75. The SMILES string of the molecule is COC(C(C)C)C(CN)NCc1ccccc1. The molecular formula is C14H24N2O. The quantitative estimate of drug-likeness (QED) is 0.758. The average Bonchev–Trinajstić information content (AvgIpc) is 2.35. The van der Waals surface area contributed by atoms with E-state index >= 15 is 0 Å². The predicted molar refractivity (Wildman–Crippen MR) is 71.8 cm³/mol. The first kappa shape index (κ1) is 14.2. The van der Waals surface area contributed by atoms with Gasteiger partial charge < -0.3 is 15.8 Å². The summed E-state index contributed by atoms with van der Waals surface area (Å²) in [5.74, 6) is 0.455. The summed E-state index contributed by atoms with van der Waals surface area (Å²) in [5.41, 5.74) is 7.08. The van der Waals surface area contributed by atoms with Crippen LogP contribution in [0.4, 0.5) is 0 Å². The van der Waals surface area contributed by atoms with Crippen molar-refractivity contribution in [1.29, 1.82) is 0 Å². The first-order valence-corrected chi connectivity index (χ1v) is 6.19. The van der Waals surface area contributed by atoms with Gasteiger partial charge in [-0.05, 0) is 11.5 Å². The van der Waals surface area contributed by atoms with Crippen molar-refractivity contribution in [3.8, 4) is 0 Å². The molecule has 0 spiro atoms. The van der Waals surface area contributed by atoms with Crippen molar-refractivity contribution in [2.24, 2.45) is 11.7 Å². The third kappa shape index (κ3) is 4.46. The van der Waals surface area contributed by atoms with E-state index in [1.807, 2.05) is 18.2 Å². The first-order chi connectivity index (χ1) is 8.19. The number of nitrogens with two attached hydrogens (primary N) is 1. The molecule has 96 valence electrons. The summed E-state index contributed by atoms with van der Waals surface area (Å²) < 4.78 is 5.51. The minimum absolute atomic E-state index is 0.156. The van der Waals surface area contributed by atoms with Crippen molar-refractivity contribution in [3.63, 3.8) is 0 Å². The minimum atomic E-state index is 0.156. The lowest BCUT2D eigenvalue weighted by molar-refractivity contribution is 0.0350. The second kappa shape index (κ2) is 7.43. The zero-order chi connectivity index (χ0) is 12.7. The Morgan fingerprint density at radius 1 is 1.24 bits per heavy atom. The number of nitrogens with one attached hydrogen (secondary N) is 1. The molecule has 17 heavy (non-hydrogen) atoms. The largest absolute Gasteiger partial charge is 0.380 e. The predicted octanol–water partition coefficient (Wildman–Crippen LogP) is 1.77. The fourth-order valence-corrected chi connectivity index (χ4v) is 2.08. The highest BCUT2D eigenvalue weighted by atomic mass is 16.5. The molecule has 2 unspecified atom stereocenters. The summed E-state index contributed by atoms with van der Waals surface area (Å²) in [6.07, 6.45) is 0.156. The zero-order valence-corrected chi connectivity index (χ0v) is 11.0. The van der Waals surface area contributed by atoms with Crippen LogP contribution >= 0.6 is 0 Å². The third-order valence-corrected chi connectivity index (χ3v) is 2.99. The first-order valence-electron chi connectivity index (χ1n) is 6.19. The van der Waals surface area contributed by atoms with E-state index in [-0.39, 0.29) is 12.1 Å². The van der Waals surface area contributed by atoms with Crippen molar-refractivity contribution < 1.29 is 4.74 Å². The van der Waals surface area contributed by atoms with Crippen LogP contribution in [-0.4, -0.2) is 25.8 Å². The van der Waals surface area contributed by atoms with Gasteiger partial charge in [-0.2, -0.15) is 0 Å². The molecule has 0 aliphatic carbocycles. The lowest BCUT2D eigenvalue weighted by Crippen LogP contribution is -2.48. The van der Waals surface area contributed by atoms with Gasteiger partial charge in [0.1, 0.15) is 0 Å². The number of benzene rings is 1. The molecule has 0 bridgehead atoms. The van der Waals surface area contributed by atoms with E-state index in [0.29, 0.717) is 12.5 Å². The molecule has 0 aliphatic rings. The molecule has 0 heterocycles. The van der Waals surface area contributed by atoms with Gasteiger partial charge >= 0.3 is 0 Å². The van der Waals surface area contributed by atoms with Crippen molar-refractivity contribution in [3.05, 3.63) is 35.9 Å². The van der Waals surface area contributed by atoms with Crippen LogP contribution in [-0.2, 0) is 11.3 Å². The summed E-state index contributed by atoms with van der Waals surface area (Å²) in [6, 6.07) is 10.5. The van der Waals surface area contributed by atoms with Crippen LogP contribution in [0.1, 0.15) is 19.4 Å². The zero-order valence-electron chi connectivity index (χ0n) is 11.0. The maximum absolute atomic E-state index is 5.81.